The van der Waals surface area contributed by atoms with Gasteiger partial charge in [0.05, 0.1) is 11.1 Å². The van der Waals surface area contributed by atoms with Gasteiger partial charge in [0.2, 0.25) is 0 Å². The molecule has 0 heterocycles. The number of hydrogen-bond donors (Lipinski definition) is 1. The third kappa shape index (κ3) is 4.92. The van der Waals surface area contributed by atoms with Gasteiger partial charge in [-0.3, -0.25) is 14.9 Å². The summed E-state index contributed by atoms with van der Waals surface area (Å²) in [5.41, 5.74) is 2.91. The maximum atomic E-state index is 12.8. The predicted octanol–water partition coefficient (Wildman–Crippen LogP) is 4.28. The third-order valence-corrected chi connectivity index (χ3v) is 6.11. The molecule has 0 unspecified atom stereocenters. The molecule has 0 bridgehead atoms. The van der Waals surface area contributed by atoms with Crippen LogP contribution in [0.5, 0.6) is 5.75 Å². The number of fused-ring (bicyclic) bond motifs is 1. The molecule has 0 radical (unpaired) electrons. The first-order valence-electron chi connectivity index (χ1n) is 9.94. The maximum absolute atomic E-state index is 12.8. The van der Waals surface area contributed by atoms with Gasteiger partial charge in [-0.1, -0.05) is 48.5 Å². The number of nitro groups is 1. The van der Waals surface area contributed by atoms with Crippen LogP contribution in [0.1, 0.15) is 15.9 Å². The van der Waals surface area contributed by atoms with Crippen LogP contribution in [0.3, 0.4) is 0 Å². The van der Waals surface area contributed by atoms with E-state index in [2.05, 4.69) is 10.5 Å². The van der Waals surface area contributed by atoms with Crippen molar-refractivity contribution >= 4 is 38.7 Å². The maximum Gasteiger partial charge on any atom is 0.339 e. The Morgan fingerprint density at radius 3 is 2.29 bits per heavy atom. The molecule has 1 amide bonds. The van der Waals surface area contributed by atoms with Gasteiger partial charge in [0.25, 0.3) is 11.6 Å². The summed E-state index contributed by atoms with van der Waals surface area (Å²) in [5, 5.41) is 16.3. The van der Waals surface area contributed by atoms with E-state index in [0.717, 1.165) is 29.7 Å². The average Bonchev–Trinajstić information content (AvgIpc) is 2.85. The van der Waals surface area contributed by atoms with E-state index in [1.165, 1.54) is 12.3 Å². The van der Waals surface area contributed by atoms with Crippen LogP contribution in [0.4, 0.5) is 5.69 Å². The number of carbonyl (C=O) groups excluding carboxylic acids is 1. The summed E-state index contributed by atoms with van der Waals surface area (Å²) in [6.07, 6.45) is 1.31. The zero-order valence-corrected chi connectivity index (χ0v) is 18.3. The standard InChI is InChI=1S/C24H17N3O6S/c28-24(18-7-2-1-3-8-18)26-25-16-22-21-9-5-4-6-17(21)10-15-23(22)33-34(31,32)20-13-11-19(12-14-20)27(29)30/h1-16H,(H,26,28). The Kier molecular flexibility index (Phi) is 6.33. The molecule has 34 heavy (non-hydrogen) atoms. The van der Waals surface area contributed by atoms with Crippen molar-refractivity contribution in [3.8, 4) is 5.75 Å². The molecule has 9 nitrogen and oxygen atoms in total. The van der Waals surface area contributed by atoms with Crippen molar-refractivity contribution in [2.24, 2.45) is 5.10 Å². The first-order chi connectivity index (χ1) is 16.3. The smallest absolute Gasteiger partial charge is 0.339 e. The Bertz CT molecular complexity index is 1500. The molecule has 1 N–H and O–H groups in total. The van der Waals surface area contributed by atoms with Crippen molar-refractivity contribution in [2.45, 2.75) is 4.90 Å². The second kappa shape index (κ2) is 9.51. The number of carbonyl (C=O) groups is 1. The normalized spacial score (nSPS) is 11.4. The number of hydrazone groups is 1. The second-order valence-corrected chi connectivity index (χ2v) is 8.60. The summed E-state index contributed by atoms with van der Waals surface area (Å²) in [6, 6.07) is 23.2. The summed E-state index contributed by atoms with van der Waals surface area (Å²) in [7, 11) is -4.30. The molecule has 4 aromatic rings. The monoisotopic (exact) mass is 475 g/mol. The number of nitrogens with zero attached hydrogens (tertiary/aromatic N) is 2. The zero-order valence-electron chi connectivity index (χ0n) is 17.5. The van der Waals surface area contributed by atoms with Crippen LogP contribution in [0, 0.1) is 10.1 Å². The van der Waals surface area contributed by atoms with Crippen molar-refractivity contribution in [2.75, 3.05) is 0 Å². The highest BCUT2D eigenvalue weighted by atomic mass is 32.2. The highest BCUT2D eigenvalue weighted by Crippen LogP contribution is 2.29. The van der Waals surface area contributed by atoms with E-state index in [1.54, 1.807) is 48.5 Å². The Labute approximate surface area is 194 Å². The van der Waals surface area contributed by atoms with E-state index < -0.39 is 20.9 Å². The molecule has 0 spiro atoms. The van der Waals surface area contributed by atoms with Crippen LogP contribution >= 0.6 is 0 Å². The molecule has 170 valence electrons. The van der Waals surface area contributed by atoms with Gasteiger partial charge >= 0.3 is 10.1 Å². The van der Waals surface area contributed by atoms with Crippen molar-refractivity contribution in [1.29, 1.82) is 0 Å². The van der Waals surface area contributed by atoms with E-state index >= 15 is 0 Å². The molecule has 4 aromatic carbocycles. The summed E-state index contributed by atoms with van der Waals surface area (Å²) in [4.78, 5) is 22.2. The third-order valence-electron chi connectivity index (χ3n) is 4.86. The number of benzene rings is 4. The number of non-ortho nitro benzene ring substituents is 1. The van der Waals surface area contributed by atoms with Crippen LogP contribution in [-0.2, 0) is 10.1 Å². The van der Waals surface area contributed by atoms with Crippen LogP contribution in [-0.4, -0.2) is 25.5 Å². The minimum Gasteiger partial charge on any atom is -0.378 e. The van der Waals surface area contributed by atoms with Crippen molar-refractivity contribution in [1.82, 2.24) is 5.43 Å². The highest BCUT2D eigenvalue weighted by Gasteiger charge is 2.20. The van der Waals surface area contributed by atoms with Gasteiger partial charge in [-0.2, -0.15) is 13.5 Å². The van der Waals surface area contributed by atoms with E-state index in [9.17, 15) is 23.3 Å². The van der Waals surface area contributed by atoms with Crippen LogP contribution in [0.15, 0.2) is 101 Å². The fraction of sp³-hybridized carbons (Fsp3) is 0. The molecule has 10 heteroatoms. The van der Waals surface area contributed by atoms with E-state index in [0.29, 0.717) is 16.5 Å². The lowest BCUT2D eigenvalue weighted by Crippen LogP contribution is -2.17. The number of amides is 1. The molecule has 0 saturated heterocycles. The summed E-state index contributed by atoms with van der Waals surface area (Å²) in [6.45, 7) is 0. The topological polar surface area (TPSA) is 128 Å². The van der Waals surface area contributed by atoms with Gasteiger partial charge in [0.1, 0.15) is 4.90 Å². The number of rotatable bonds is 7. The number of nitro benzene ring substituents is 1. The Hall–Kier alpha value is -4.57. The van der Waals surface area contributed by atoms with Crippen molar-refractivity contribution < 1.29 is 22.3 Å². The van der Waals surface area contributed by atoms with Gasteiger partial charge in [0.15, 0.2) is 5.75 Å². The minimum absolute atomic E-state index is 0.0187. The molecular weight excluding hydrogens is 458 g/mol. The largest absolute Gasteiger partial charge is 0.378 e. The number of hydrogen-bond acceptors (Lipinski definition) is 7. The van der Waals surface area contributed by atoms with Gasteiger partial charge in [-0.15, -0.1) is 0 Å². The SMILES string of the molecule is O=C(NN=Cc1c(OS(=O)(=O)c2ccc([N+](=O)[O-])cc2)ccc2ccccc12)c1ccccc1. The van der Waals surface area contributed by atoms with E-state index in [-0.39, 0.29) is 16.3 Å². The summed E-state index contributed by atoms with van der Waals surface area (Å²) in [5.74, 6) is -0.451. The van der Waals surface area contributed by atoms with Crippen LogP contribution in [0.2, 0.25) is 0 Å². The fourth-order valence-electron chi connectivity index (χ4n) is 3.19. The molecule has 0 aliphatic rings. The molecule has 0 aliphatic carbocycles. The van der Waals surface area contributed by atoms with Gasteiger partial charge in [-0.05, 0) is 41.1 Å². The first kappa shape index (κ1) is 22.6. The predicted molar refractivity (Wildman–Crippen MR) is 126 cm³/mol. The highest BCUT2D eigenvalue weighted by molar-refractivity contribution is 7.87. The molecule has 0 saturated carbocycles. The Morgan fingerprint density at radius 1 is 0.912 bits per heavy atom. The van der Waals surface area contributed by atoms with Gasteiger partial charge < -0.3 is 4.18 Å². The molecule has 0 atom stereocenters. The van der Waals surface area contributed by atoms with Crippen molar-refractivity contribution in [3.63, 3.8) is 0 Å². The summed E-state index contributed by atoms with van der Waals surface area (Å²) < 4.78 is 31.0. The lowest BCUT2D eigenvalue weighted by atomic mass is 10.0. The molecular formula is C24H17N3O6S. The fourth-order valence-corrected chi connectivity index (χ4v) is 4.14. The molecule has 0 aliphatic heterocycles. The second-order valence-electron chi connectivity index (χ2n) is 7.05. The Balaban J connectivity index is 1.67. The van der Waals surface area contributed by atoms with Crippen molar-refractivity contribution in [3.05, 3.63) is 112 Å². The lowest BCUT2D eigenvalue weighted by Gasteiger charge is -2.12. The van der Waals surface area contributed by atoms with E-state index in [1.807, 2.05) is 12.1 Å². The van der Waals surface area contributed by atoms with Crippen LogP contribution < -0.4 is 9.61 Å². The molecule has 4 rings (SSSR count). The van der Waals surface area contributed by atoms with Gasteiger partial charge in [-0.25, -0.2) is 5.43 Å². The number of nitrogens with one attached hydrogen (secondary N) is 1. The summed E-state index contributed by atoms with van der Waals surface area (Å²) >= 11 is 0. The molecule has 0 fully saturated rings. The first-order valence-corrected chi connectivity index (χ1v) is 11.3. The zero-order chi connectivity index (χ0) is 24.1. The quantitative estimate of drug-likeness (QED) is 0.184. The minimum atomic E-state index is -4.30. The Morgan fingerprint density at radius 2 is 1.59 bits per heavy atom. The van der Waals surface area contributed by atoms with Gasteiger partial charge in [0, 0.05) is 23.3 Å². The van der Waals surface area contributed by atoms with Crippen LogP contribution in [0.25, 0.3) is 10.8 Å². The lowest BCUT2D eigenvalue weighted by molar-refractivity contribution is -0.384. The average molecular weight is 475 g/mol. The molecule has 0 aromatic heterocycles. The van der Waals surface area contributed by atoms with E-state index in [4.69, 9.17) is 4.18 Å².